The van der Waals surface area contributed by atoms with Crippen molar-refractivity contribution < 1.29 is 5.11 Å². The number of hydrogen-bond acceptors (Lipinski definition) is 2. The lowest BCUT2D eigenvalue weighted by atomic mass is 10.1. The highest BCUT2D eigenvalue weighted by molar-refractivity contribution is 6.35. The fourth-order valence-electron chi connectivity index (χ4n) is 2.10. The zero-order valence-electron chi connectivity index (χ0n) is 9.00. The second kappa shape index (κ2) is 5.37. The number of nitrogens with zero attached hydrogens (tertiary/aromatic N) is 1. The number of benzene rings is 1. The Morgan fingerprint density at radius 2 is 2.19 bits per heavy atom. The van der Waals surface area contributed by atoms with Gasteiger partial charge in [0.15, 0.2) is 0 Å². The lowest BCUT2D eigenvalue weighted by Gasteiger charge is -2.16. The normalized spacial score (nSPS) is 21.6. The number of likely N-dealkylation sites (tertiary alicyclic amines) is 1. The molecule has 1 fully saturated rings. The van der Waals surface area contributed by atoms with Crippen LogP contribution in [0.4, 0.5) is 0 Å². The summed E-state index contributed by atoms with van der Waals surface area (Å²) >= 11 is 12.0. The Hall–Kier alpha value is -0.280. The first-order valence-corrected chi connectivity index (χ1v) is 6.22. The van der Waals surface area contributed by atoms with E-state index in [4.69, 9.17) is 28.3 Å². The van der Waals surface area contributed by atoms with Crippen LogP contribution in [0.1, 0.15) is 12.0 Å². The van der Waals surface area contributed by atoms with Crippen molar-refractivity contribution in [2.45, 2.75) is 13.0 Å². The van der Waals surface area contributed by atoms with E-state index in [1.165, 1.54) is 0 Å². The van der Waals surface area contributed by atoms with Crippen LogP contribution in [0.15, 0.2) is 18.2 Å². The van der Waals surface area contributed by atoms with Gasteiger partial charge in [-0.3, -0.25) is 4.90 Å². The number of aliphatic hydroxyl groups excluding tert-OH is 1. The minimum atomic E-state index is 0.283. The van der Waals surface area contributed by atoms with E-state index in [1.54, 1.807) is 6.07 Å². The van der Waals surface area contributed by atoms with Crippen molar-refractivity contribution >= 4 is 23.2 Å². The quantitative estimate of drug-likeness (QED) is 0.903. The first-order chi connectivity index (χ1) is 7.69. The fourth-order valence-corrected chi connectivity index (χ4v) is 2.56. The largest absolute Gasteiger partial charge is 0.396 e. The van der Waals surface area contributed by atoms with Gasteiger partial charge in [0, 0.05) is 29.7 Å². The van der Waals surface area contributed by atoms with Crippen LogP contribution in [0.3, 0.4) is 0 Å². The molecule has 0 radical (unpaired) electrons. The molecule has 1 atom stereocenters. The first-order valence-electron chi connectivity index (χ1n) is 5.46. The molecule has 2 nitrogen and oxygen atoms in total. The molecule has 1 aromatic carbocycles. The number of halogens is 2. The molecule has 0 spiro atoms. The molecule has 1 saturated heterocycles. The van der Waals surface area contributed by atoms with Gasteiger partial charge in [0.2, 0.25) is 0 Å². The number of hydrogen-bond donors (Lipinski definition) is 1. The molecule has 1 heterocycles. The molecule has 0 unspecified atom stereocenters. The Kier molecular flexibility index (Phi) is 4.09. The zero-order chi connectivity index (χ0) is 11.5. The molecule has 0 saturated carbocycles. The summed E-state index contributed by atoms with van der Waals surface area (Å²) in [5.41, 5.74) is 1.10. The van der Waals surface area contributed by atoms with Crippen molar-refractivity contribution in [1.29, 1.82) is 0 Å². The lowest BCUT2D eigenvalue weighted by molar-refractivity contribution is 0.220. The number of rotatable bonds is 3. The molecule has 1 aromatic rings. The van der Waals surface area contributed by atoms with Crippen LogP contribution in [-0.2, 0) is 6.54 Å². The summed E-state index contributed by atoms with van der Waals surface area (Å²) in [6.07, 6.45) is 1.07. The van der Waals surface area contributed by atoms with Gasteiger partial charge in [-0.15, -0.1) is 0 Å². The summed E-state index contributed by atoms with van der Waals surface area (Å²) in [6.45, 7) is 3.11. The van der Waals surface area contributed by atoms with Crippen LogP contribution in [0.5, 0.6) is 0 Å². The molecule has 2 rings (SSSR count). The van der Waals surface area contributed by atoms with Crippen molar-refractivity contribution in [2.75, 3.05) is 19.7 Å². The first kappa shape index (κ1) is 12.2. The van der Waals surface area contributed by atoms with Crippen LogP contribution in [0.25, 0.3) is 0 Å². The predicted molar refractivity (Wildman–Crippen MR) is 66.9 cm³/mol. The van der Waals surface area contributed by atoms with Gasteiger partial charge in [0.25, 0.3) is 0 Å². The molecule has 4 heteroatoms. The molecule has 16 heavy (non-hydrogen) atoms. The van der Waals surface area contributed by atoms with E-state index < -0.39 is 0 Å². The molecular formula is C12H15Cl2NO. The van der Waals surface area contributed by atoms with Gasteiger partial charge in [0.05, 0.1) is 0 Å². The average molecular weight is 260 g/mol. The molecule has 88 valence electrons. The van der Waals surface area contributed by atoms with Gasteiger partial charge in [-0.05, 0) is 36.6 Å². The average Bonchev–Trinajstić information content (AvgIpc) is 2.70. The molecular weight excluding hydrogens is 245 g/mol. The molecule has 0 bridgehead atoms. The third kappa shape index (κ3) is 2.89. The Bertz CT molecular complexity index is 370. The minimum absolute atomic E-state index is 0.283. The standard InChI is InChI=1S/C12H15Cl2NO/c13-11-2-1-10(12(14)5-11)7-15-4-3-9(6-15)8-16/h1-2,5,9,16H,3-4,6-8H2/t9-/m0/s1. The van der Waals surface area contributed by atoms with Gasteiger partial charge < -0.3 is 5.11 Å². The second-order valence-electron chi connectivity index (χ2n) is 4.31. The van der Waals surface area contributed by atoms with Crippen molar-refractivity contribution in [2.24, 2.45) is 5.92 Å². The van der Waals surface area contributed by atoms with E-state index >= 15 is 0 Å². The van der Waals surface area contributed by atoms with Crippen LogP contribution < -0.4 is 0 Å². The molecule has 1 aliphatic rings. The van der Waals surface area contributed by atoms with Gasteiger partial charge in [-0.1, -0.05) is 29.3 Å². The lowest BCUT2D eigenvalue weighted by Crippen LogP contribution is -2.21. The Balaban J connectivity index is 1.99. The highest BCUT2D eigenvalue weighted by Crippen LogP contribution is 2.24. The van der Waals surface area contributed by atoms with Crippen molar-refractivity contribution in [3.63, 3.8) is 0 Å². The Morgan fingerprint density at radius 3 is 2.81 bits per heavy atom. The third-order valence-corrected chi connectivity index (χ3v) is 3.62. The van der Waals surface area contributed by atoms with E-state index in [9.17, 15) is 0 Å². The van der Waals surface area contributed by atoms with Crippen molar-refractivity contribution in [3.05, 3.63) is 33.8 Å². The van der Waals surface area contributed by atoms with Gasteiger partial charge in [-0.2, -0.15) is 0 Å². The maximum atomic E-state index is 9.07. The van der Waals surface area contributed by atoms with Crippen LogP contribution in [-0.4, -0.2) is 29.7 Å². The third-order valence-electron chi connectivity index (χ3n) is 3.04. The zero-order valence-corrected chi connectivity index (χ0v) is 10.5. The van der Waals surface area contributed by atoms with E-state index in [1.807, 2.05) is 12.1 Å². The maximum absolute atomic E-state index is 9.07. The maximum Gasteiger partial charge on any atom is 0.0471 e. The molecule has 1 aliphatic heterocycles. The molecule has 1 N–H and O–H groups in total. The summed E-state index contributed by atoms with van der Waals surface area (Å²) in [4.78, 5) is 2.32. The van der Waals surface area contributed by atoms with E-state index in [0.29, 0.717) is 10.9 Å². The predicted octanol–water partition coefficient (Wildman–Crippen LogP) is 2.81. The van der Waals surface area contributed by atoms with Gasteiger partial charge >= 0.3 is 0 Å². The topological polar surface area (TPSA) is 23.5 Å². The van der Waals surface area contributed by atoms with Crippen molar-refractivity contribution in [3.8, 4) is 0 Å². The number of aliphatic hydroxyl groups is 1. The summed E-state index contributed by atoms with van der Waals surface area (Å²) in [7, 11) is 0. The molecule has 0 aliphatic carbocycles. The highest BCUT2D eigenvalue weighted by Gasteiger charge is 2.22. The summed E-state index contributed by atoms with van der Waals surface area (Å²) in [5, 5.41) is 10.5. The molecule has 0 aromatic heterocycles. The van der Waals surface area contributed by atoms with E-state index in [-0.39, 0.29) is 6.61 Å². The summed E-state index contributed by atoms with van der Waals surface area (Å²) in [6, 6.07) is 5.61. The van der Waals surface area contributed by atoms with Gasteiger partial charge in [0.1, 0.15) is 0 Å². The van der Waals surface area contributed by atoms with Crippen LogP contribution >= 0.6 is 23.2 Å². The summed E-state index contributed by atoms with van der Waals surface area (Å²) in [5.74, 6) is 0.422. The van der Waals surface area contributed by atoms with Crippen LogP contribution in [0, 0.1) is 5.92 Å². The molecule has 0 amide bonds. The summed E-state index contributed by atoms with van der Waals surface area (Å²) < 4.78 is 0. The minimum Gasteiger partial charge on any atom is -0.396 e. The highest BCUT2D eigenvalue weighted by atomic mass is 35.5. The Morgan fingerprint density at radius 1 is 1.38 bits per heavy atom. The van der Waals surface area contributed by atoms with Crippen molar-refractivity contribution in [1.82, 2.24) is 4.90 Å². The van der Waals surface area contributed by atoms with E-state index in [2.05, 4.69) is 4.90 Å². The van der Waals surface area contributed by atoms with Gasteiger partial charge in [-0.25, -0.2) is 0 Å². The fraction of sp³-hybridized carbons (Fsp3) is 0.500. The SMILES string of the molecule is OC[C@H]1CCN(Cc2ccc(Cl)cc2Cl)C1. The monoisotopic (exact) mass is 259 g/mol. The second-order valence-corrected chi connectivity index (χ2v) is 5.15. The smallest absolute Gasteiger partial charge is 0.0471 e. The van der Waals surface area contributed by atoms with E-state index in [0.717, 1.165) is 36.6 Å². The van der Waals surface area contributed by atoms with Crippen LogP contribution in [0.2, 0.25) is 10.0 Å². The Labute approximate surface area is 106 Å².